The Kier molecular flexibility index (Phi) is 37.1. The van der Waals surface area contributed by atoms with Crippen molar-refractivity contribution < 1.29 is 19.1 Å². The Morgan fingerprint density at radius 3 is 1.03 bits per heavy atom. The van der Waals surface area contributed by atoms with Gasteiger partial charge in [-0.05, 0) is 148 Å². The molecular formula is C64H110N2Ni. The van der Waals surface area contributed by atoms with Crippen molar-refractivity contribution in [1.82, 2.24) is 0 Å². The Bertz CT molecular complexity index is 1560. The number of unbranched alkanes of at least 4 members (excludes halogenated alkanes) is 21. The summed E-state index contributed by atoms with van der Waals surface area (Å²) in [6.45, 7) is 20.8. The van der Waals surface area contributed by atoms with E-state index in [0.29, 0.717) is 0 Å². The first-order valence-corrected chi connectivity index (χ1v) is 31.0. The van der Waals surface area contributed by atoms with Crippen molar-refractivity contribution in [2.45, 2.75) is 311 Å². The average Bonchev–Trinajstić information content (AvgIpc) is 3.67. The van der Waals surface area contributed by atoms with Crippen LogP contribution >= 0.6 is 0 Å². The fourth-order valence-electron chi connectivity index (χ4n) is 9.92. The van der Waals surface area contributed by atoms with Gasteiger partial charge in [0.2, 0.25) is 11.4 Å². The van der Waals surface area contributed by atoms with Gasteiger partial charge in [0.25, 0.3) is 0 Å². The second kappa shape index (κ2) is 40.7. The quantitative estimate of drug-likeness (QED) is 0.0361. The zero-order valence-electron chi connectivity index (χ0n) is 46.2. The Morgan fingerprint density at radius 1 is 0.343 bits per heavy atom. The van der Waals surface area contributed by atoms with Gasteiger partial charge < -0.3 is 5.53 Å². The van der Waals surface area contributed by atoms with Crippen molar-refractivity contribution in [3.8, 4) is 0 Å². The van der Waals surface area contributed by atoms with E-state index in [1.807, 2.05) is 14.4 Å². The van der Waals surface area contributed by atoms with Gasteiger partial charge in [0.1, 0.15) is 0 Å². The molecular weight excluding hydrogens is 855 g/mol. The molecule has 67 heavy (non-hydrogen) atoms. The van der Waals surface area contributed by atoms with Crippen LogP contribution in [0.5, 0.6) is 0 Å². The van der Waals surface area contributed by atoms with E-state index in [1.165, 1.54) is 231 Å². The van der Waals surface area contributed by atoms with Crippen LogP contribution in [0.3, 0.4) is 0 Å². The third-order valence-electron chi connectivity index (χ3n) is 14.2. The van der Waals surface area contributed by atoms with Gasteiger partial charge in [0.05, 0.1) is 0 Å². The maximum absolute atomic E-state index is 12.4. The van der Waals surface area contributed by atoms with Crippen LogP contribution in [0.4, 0.5) is 0 Å². The second-order valence-electron chi connectivity index (χ2n) is 20.4. The van der Waals surface area contributed by atoms with Gasteiger partial charge >= 0.3 is 90.4 Å². The van der Waals surface area contributed by atoms with Gasteiger partial charge in [0.15, 0.2) is 0 Å². The van der Waals surface area contributed by atoms with Crippen molar-refractivity contribution in [1.29, 1.82) is 0 Å². The van der Waals surface area contributed by atoms with Crippen LogP contribution in [0.25, 0.3) is 16.9 Å². The zero-order valence-corrected chi connectivity index (χ0v) is 47.2. The predicted molar refractivity (Wildman–Crippen MR) is 297 cm³/mol. The minimum atomic E-state index is 0.985. The number of aryl methyl sites for hydroxylation is 4. The van der Waals surface area contributed by atoms with Crippen molar-refractivity contribution in [3.05, 3.63) is 86.0 Å². The molecule has 3 rings (SSSR count). The standard InChI is InChI=1S/C52H84N2.2C6H13.Ni/c1-8-15-22-24-26-28-35-49-42(30-17-10-3)37-47(38-43(49)31-18-11-4)51-41-46(34-21-14-7)52(54(51)53)48-39-44(32-19-12-5)50(45(40-48)33-20-13-6)36-29-27-25-23-16-9-2;2*1-3-5-6-4-2;/h37-41H,8-36H2,1-7H3;2*1,3-6H2,2H3;. The number of hydrogen-bond acceptors (Lipinski definition) is 0. The third kappa shape index (κ3) is 24.6. The van der Waals surface area contributed by atoms with Crippen molar-refractivity contribution in [2.75, 3.05) is 0 Å². The molecule has 0 aromatic heterocycles. The van der Waals surface area contributed by atoms with Crippen molar-refractivity contribution in [3.63, 3.8) is 0 Å². The minimum absolute atomic E-state index is 0.985. The van der Waals surface area contributed by atoms with E-state index >= 15 is 0 Å². The second-order valence-corrected chi connectivity index (χ2v) is 21.9. The molecule has 1 aliphatic heterocycles. The van der Waals surface area contributed by atoms with Gasteiger partial charge in [-0.15, -0.1) is 0 Å². The molecule has 3 heteroatoms. The average molecular weight is 966 g/mol. The first-order valence-electron chi connectivity index (χ1n) is 29.6. The topological polar surface area (TPSA) is 25.3 Å². The van der Waals surface area contributed by atoms with Crippen LogP contribution in [0.2, 0.25) is 10.8 Å². The summed E-state index contributed by atoms with van der Waals surface area (Å²) in [5.41, 5.74) is 27.6. The molecule has 0 amide bonds. The molecule has 2 aromatic rings. The van der Waals surface area contributed by atoms with Crippen LogP contribution in [0.1, 0.15) is 306 Å². The van der Waals surface area contributed by atoms with E-state index in [9.17, 15) is 5.53 Å². The summed E-state index contributed by atoms with van der Waals surface area (Å²) in [5, 5.41) is 2.83. The van der Waals surface area contributed by atoms with E-state index in [-0.39, 0.29) is 0 Å². The summed E-state index contributed by atoms with van der Waals surface area (Å²) in [6.07, 6.45) is 49.8. The summed E-state index contributed by atoms with van der Waals surface area (Å²) in [6, 6.07) is 9.97. The summed E-state index contributed by atoms with van der Waals surface area (Å²) >= 11 is 1.99. The maximum atomic E-state index is 12.4. The third-order valence-corrected chi connectivity index (χ3v) is 15.6. The first-order chi connectivity index (χ1) is 32.9. The van der Waals surface area contributed by atoms with Crippen LogP contribution in [-0.4, -0.2) is 4.70 Å². The molecule has 0 saturated heterocycles. The summed E-state index contributed by atoms with van der Waals surface area (Å²) < 4.78 is 1.62. The Morgan fingerprint density at radius 2 is 0.657 bits per heavy atom. The molecule has 0 saturated carbocycles. The summed E-state index contributed by atoms with van der Waals surface area (Å²) in [4.78, 5) is 0. The molecule has 0 fully saturated rings. The molecule has 0 unspecified atom stereocenters. The van der Waals surface area contributed by atoms with E-state index in [2.05, 4.69) is 92.7 Å². The van der Waals surface area contributed by atoms with Gasteiger partial charge in [-0.2, -0.15) is 0 Å². The fourth-order valence-corrected chi connectivity index (χ4v) is 11.2. The molecule has 0 atom stereocenters. The van der Waals surface area contributed by atoms with Crippen molar-refractivity contribution in [2.24, 2.45) is 0 Å². The molecule has 386 valence electrons. The summed E-state index contributed by atoms with van der Waals surface area (Å²) in [7, 11) is 0. The predicted octanol–water partition coefficient (Wildman–Crippen LogP) is 21.9. The molecule has 0 radical (unpaired) electrons. The molecule has 2 nitrogen and oxygen atoms in total. The van der Waals surface area contributed by atoms with Crippen LogP contribution in [0.15, 0.2) is 35.9 Å². The van der Waals surface area contributed by atoms with E-state index < -0.39 is 0 Å². The van der Waals surface area contributed by atoms with Crippen LogP contribution in [0, 0.1) is 0 Å². The number of rotatable bonds is 41. The molecule has 1 heterocycles. The summed E-state index contributed by atoms with van der Waals surface area (Å²) in [5.74, 6) is 0. The van der Waals surface area contributed by atoms with Gasteiger partial charge in [-0.3, -0.25) is 0 Å². The van der Waals surface area contributed by atoms with Crippen LogP contribution in [-0.2, 0) is 53.0 Å². The fraction of sp³-hybridized carbons (Fsp3) is 0.750. The monoisotopic (exact) mass is 965 g/mol. The zero-order chi connectivity index (χ0) is 48.7. The van der Waals surface area contributed by atoms with Crippen molar-refractivity contribution >= 4 is 11.4 Å². The number of allylic oxidation sites excluding steroid dienone is 2. The van der Waals surface area contributed by atoms with E-state index in [4.69, 9.17) is 0 Å². The normalized spacial score (nSPS) is 12.7. The van der Waals surface area contributed by atoms with Gasteiger partial charge in [-0.1, -0.05) is 145 Å². The Labute approximate surface area is 424 Å². The molecule has 0 bridgehead atoms. The van der Waals surface area contributed by atoms with Gasteiger partial charge in [0, 0.05) is 22.8 Å². The Balaban J connectivity index is 0.00000103. The number of hydrogen-bond donors (Lipinski definition) is 0. The molecule has 0 spiro atoms. The SMILES string of the molecule is CCCCCCCCc1c(CCCC)cc(C2=CC(CCCC)=C(c3cc(CCCC)c(CCCCCCCC)c(CCCC)c3)[N+]2=[N-])cc1CCCC.CCCCC[CH2][Ni][CH2]CCCCC. The first kappa shape index (κ1) is 61.1. The number of benzene rings is 2. The number of nitrogens with zero attached hydrogens (tertiary/aromatic N) is 2. The molecule has 2 aromatic carbocycles. The molecule has 0 aliphatic carbocycles. The van der Waals surface area contributed by atoms with E-state index in [1.54, 1.807) is 27.0 Å². The Hall–Kier alpha value is -1.99. The molecule has 1 aliphatic rings. The van der Waals surface area contributed by atoms with Gasteiger partial charge in [-0.25, -0.2) is 4.70 Å². The van der Waals surface area contributed by atoms with Crippen LogP contribution < -0.4 is 0 Å². The molecule has 0 N–H and O–H groups in total. The van der Waals surface area contributed by atoms with E-state index in [0.717, 1.165) is 56.3 Å².